The molecule has 0 bridgehead atoms. The first kappa shape index (κ1) is 19.3. The zero-order valence-electron chi connectivity index (χ0n) is 15.5. The molecule has 0 spiro atoms. The van der Waals surface area contributed by atoms with Crippen molar-refractivity contribution in [2.75, 3.05) is 18.4 Å². The molecule has 1 amide bonds. The van der Waals surface area contributed by atoms with E-state index in [-0.39, 0.29) is 25.6 Å². The Morgan fingerprint density at radius 2 is 2.07 bits per heavy atom. The topological polar surface area (TPSA) is 80.2 Å². The average molecular weight is 416 g/mol. The molecule has 1 aromatic carbocycles. The molecular formula is C20H19ClFN5O2. The number of piperidine rings is 1. The molecular weight excluding hydrogens is 397 g/mol. The molecule has 1 aliphatic rings. The van der Waals surface area contributed by atoms with Gasteiger partial charge in [0.2, 0.25) is 5.95 Å². The Morgan fingerprint density at radius 1 is 1.24 bits per heavy atom. The summed E-state index contributed by atoms with van der Waals surface area (Å²) in [5, 5.41) is 4.22. The third kappa shape index (κ3) is 4.89. The van der Waals surface area contributed by atoms with Crippen molar-refractivity contribution in [3.8, 4) is 0 Å². The molecule has 3 aromatic rings. The van der Waals surface area contributed by atoms with E-state index in [4.69, 9.17) is 16.3 Å². The van der Waals surface area contributed by atoms with Gasteiger partial charge in [-0.1, -0.05) is 41.9 Å². The van der Waals surface area contributed by atoms with Crippen LogP contribution in [-0.2, 0) is 11.3 Å². The normalized spacial score (nSPS) is 19.2. The minimum atomic E-state index is -1.16. The number of likely N-dealkylation sites (tertiary alicyclic amines) is 1. The van der Waals surface area contributed by atoms with E-state index in [9.17, 15) is 9.18 Å². The summed E-state index contributed by atoms with van der Waals surface area (Å²) in [5.41, 5.74) is 1.50. The number of carbonyl (C=O) groups excluding carboxylic acids is 1. The fourth-order valence-electron chi connectivity index (χ4n) is 3.26. The predicted octanol–water partition coefficient (Wildman–Crippen LogP) is 3.84. The number of halogens is 2. The van der Waals surface area contributed by atoms with Gasteiger partial charge in [0, 0.05) is 30.6 Å². The molecule has 7 nitrogen and oxygen atoms in total. The van der Waals surface area contributed by atoms with E-state index in [1.807, 2.05) is 30.3 Å². The SMILES string of the molecule is O=C(OCc1ccccc1)N1C[C@@H](F)C[C@H](Nc2ncc3cc(Cl)ncc3n2)C1. The van der Waals surface area contributed by atoms with Crippen LogP contribution in [0.15, 0.2) is 48.8 Å². The van der Waals surface area contributed by atoms with Crippen LogP contribution < -0.4 is 5.32 Å². The summed E-state index contributed by atoms with van der Waals surface area (Å²) < 4.78 is 19.6. The Bertz CT molecular complexity index is 1010. The summed E-state index contributed by atoms with van der Waals surface area (Å²) in [6.07, 6.45) is 1.73. The van der Waals surface area contributed by atoms with Crippen LogP contribution >= 0.6 is 11.6 Å². The second-order valence-electron chi connectivity index (χ2n) is 6.88. The number of amides is 1. The van der Waals surface area contributed by atoms with Gasteiger partial charge in [-0.05, 0) is 11.6 Å². The number of hydrogen-bond acceptors (Lipinski definition) is 6. The molecule has 3 heterocycles. The Labute approximate surface area is 171 Å². The van der Waals surface area contributed by atoms with Gasteiger partial charge in [-0.3, -0.25) is 0 Å². The van der Waals surface area contributed by atoms with Gasteiger partial charge in [0.05, 0.1) is 18.3 Å². The van der Waals surface area contributed by atoms with Crippen molar-refractivity contribution in [3.05, 3.63) is 59.5 Å². The smallest absolute Gasteiger partial charge is 0.410 e. The van der Waals surface area contributed by atoms with E-state index in [1.165, 1.54) is 4.90 Å². The van der Waals surface area contributed by atoms with Gasteiger partial charge < -0.3 is 15.0 Å². The minimum Gasteiger partial charge on any atom is -0.445 e. The van der Waals surface area contributed by atoms with Gasteiger partial charge in [0.15, 0.2) is 0 Å². The molecule has 29 heavy (non-hydrogen) atoms. The predicted molar refractivity (Wildman–Crippen MR) is 107 cm³/mol. The van der Waals surface area contributed by atoms with E-state index >= 15 is 0 Å². The first-order chi connectivity index (χ1) is 14.1. The van der Waals surface area contributed by atoms with Crippen molar-refractivity contribution in [3.63, 3.8) is 0 Å². The number of anilines is 1. The van der Waals surface area contributed by atoms with Crippen molar-refractivity contribution >= 4 is 34.5 Å². The molecule has 4 rings (SSSR count). The number of rotatable bonds is 4. The highest BCUT2D eigenvalue weighted by Crippen LogP contribution is 2.20. The standard InChI is InChI=1S/C20H19ClFN5O2/c21-18-6-14-8-24-19(26-17(14)9-23-18)25-16-7-15(22)10-27(11-16)20(28)29-12-13-4-2-1-3-5-13/h1-6,8-9,15-16H,7,10-12H2,(H,24,25,26)/t15-,16-/m0/s1. The zero-order valence-corrected chi connectivity index (χ0v) is 16.2. The Kier molecular flexibility index (Phi) is 5.71. The number of alkyl halides is 1. The summed E-state index contributed by atoms with van der Waals surface area (Å²) in [6.45, 7) is 0.454. The van der Waals surface area contributed by atoms with Gasteiger partial charge >= 0.3 is 6.09 Å². The summed E-state index contributed by atoms with van der Waals surface area (Å²) in [4.78, 5) is 26.4. The molecule has 9 heteroatoms. The lowest BCUT2D eigenvalue weighted by Gasteiger charge is -2.34. The largest absolute Gasteiger partial charge is 0.445 e. The zero-order chi connectivity index (χ0) is 20.2. The first-order valence-electron chi connectivity index (χ1n) is 9.21. The maximum absolute atomic E-state index is 14.3. The van der Waals surface area contributed by atoms with Crippen molar-refractivity contribution < 1.29 is 13.9 Å². The number of nitrogens with one attached hydrogen (secondary N) is 1. The highest BCUT2D eigenvalue weighted by molar-refractivity contribution is 6.30. The average Bonchev–Trinajstić information content (AvgIpc) is 2.72. The molecule has 0 unspecified atom stereocenters. The van der Waals surface area contributed by atoms with E-state index in [0.717, 1.165) is 10.9 Å². The molecule has 2 atom stereocenters. The van der Waals surface area contributed by atoms with Gasteiger partial charge in [-0.2, -0.15) is 0 Å². The number of carbonyl (C=O) groups is 1. The number of fused-ring (bicyclic) bond motifs is 1. The van der Waals surface area contributed by atoms with Crippen molar-refractivity contribution in [2.45, 2.75) is 25.2 Å². The number of nitrogens with zero attached hydrogens (tertiary/aromatic N) is 4. The Hall–Kier alpha value is -3.00. The number of pyridine rings is 1. The summed E-state index contributed by atoms with van der Waals surface area (Å²) in [6, 6.07) is 10.7. The van der Waals surface area contributed by atoms with Crippen molar-refractivity contribution in [1.29, 1.82) is 0 Å². The molecule has 150 valence electrons. The van der Waals surface area contributed by atoms with Crippen LogP contribution in [0.4, 0.5) is 15.1 Å². The molecule has 1 saturated heterocycles. The molecule has 0 saturated carbocycles. The lowest BCUT2D eigenvalue weighted by Crippen LogP contribution is -2.50. The van der Waals surface area contributed by atoms with E-state index in [1.54, 1.807) is 18.5 Å². The molecule has 0 radical (unpaired) electrons. The van der Waals surface area contributed by atoms with Crippen LogP contribution in [-0.4, -0.2) is 51.2 Å². The first-order valence-corrected chi connectivity index (χ1v) is 9.59. The summed E-state index contributed by atoms with van der Waals surface area (Å²) in [7, 11) is 0. The lowest BCUT2D eigenvalue weighted by molar-refractivity contribution is 0.0685. The Morgan fingerprint density at radius 3 is 2.90 bits per heavy atom. The van der Waals surface area contributed by atoms with E-state index in [2.05, 4.69) is 20.3 Å². The van der Waals surface area contributed by atoms with Crippen LogP contribution in [0.25, 0.3) is 10.9 Å². The highest BCUT2D eigenvalue weighted by Gasteiger charge is 2.31. The van der Waals surface area contributed by atoms with Gasteiger partial charge in [-0.15, -0.1) is 0 Å². The van der Waals surface area contributed by atoms with E-state index in [0.29, 0.717) is 23.2 Å². The van der Waals surface area contributed by atoms with Crippen LogP contribution in [0, 0.1) is 0 Å². The monoisotopic (exact) mass is 415 g/mol. The van der Waals surface area contributed by atoms with Gasteiger partial charge in [-0.25, -0.2) is 24.1 Å². The van der Waals surface area contributed by atoms with Crippen molar-refractivity contribution in [2.24, 2.45) is 0 Å². The summed E-state index contributed by atoms with van der Waals surface area (Å²) in [5.74, 6) is 0.346. The molecule has 2 aromatic heterocycles. The maximum Gasteiger partial charge on any atom is 0.410 e. The number of hydrogen-bond donors (Lipinski definition) is 1. The van der Waals surface area contributed by atoms with Crippen LogP contribution in [0.1, 0.15) is 12.0 Å². The van der Waals surface area contributed by atoms with Crippen molar-refractivity contribution in [1.82, 2.24) is 19.9 Å². The molecule has 1 fully saturated rings. The quantitative estimate of drug-likeness (QED) is 0.652. The second-order valence-corrected chi connectivity index (χ2v) is 7.27. The third-order valence-electron chi connectivity index (χ3n) is 4.63. The molecule has 1 N–H and O–H groups in total. The maximum atomic E-state index is 14.3. The van der Waals surface area contributed by atoms with Crippen LogP contribution in [0.5, 0.6) is 0 Å². The molecule has 0 aliphatic carbocycles. The number of aromatic nitrogens is 3. The lowest BCUT2D eigenvalue weighted by atomic mass is 10.0. The van der Waals surface area contributed by atoms with Gasteiger partial charge in [0.25, 0.3) is 0 Å². The highest BCUT2D eigenvalue weighted by atomic mass is 35.5. The molecule has 1 aliphatic heterocycles. The van der Waals surface area contributed by atoms with Crippen LogP contribution in [0.3, 0.4) is 0 Å². The Balaban J connectivity index is 1.39. The fraction of sp³-hybridized carbons (Fsp3) is 0.300. The summed E-state index contributed by atoms with van der Waals surface area (Å²) >= 11 is 5.87. The third-order valence-corrected chi connectivity index (χ3v) is 4.84. The van der Waals surface area contributed by atoms with Crippen LogP contribution in [0.2, 0.25) is 5.15 Å². The second kappa shape index (κ2) is 8.57. The van der Waals surface area contributed by atoms with Gasteiger partial charge in [0.1, 0.15) is 17.9 Å². The fourth-order valence-corrected chi connectivity index (χ4v) is 3.43. The van der Waals surface area contributed by atoms with E-state index < -0.39 is 12.3 Å². The number of benzene rings is 1. The minimum absolute atomic E-state index is 0.00675. The number of ether oxygens (including phenoxy) is 1.